The lowest BCUT2D eigenvalue weighted by atomic mass is 10.1. The van der Waals surface area contributed by atoms with Gasteiger partial charge in [-0.05, 0) is 64.3 Å². The maximum Gasteiger partial charge on any atom is 0.162 e. The molecular weight excluding hydrogens is 286 g/mol. The molecule has 0 saturated heterocycles. The van der Waals surface area contributed by atoms with E-state index in [9.17, 15) is 0 Å². The number of nitrogens with one attached hydrogen (secondary N) is 1. The topological polar surface area (TPSA) is 30.5 Å². The molecule has 120 valence electrons. The zero-order chi connectivity index (χ0) is 15.5. The minimum absolute atomic E-state index is 0.610. The molecule has 0 radical (unpaired) electrons. The van der Waals surface area contributed by atoms with Gasteiger partial charge in [-0.25, -0.2) is 0 Å². The molecule has 0 atom stereocenters. The fourth-order valence-electron chi connectivity index (χ4n) is 2.17. The molecule has 3 nitrogen and oxygen atoms in total. The minimum Gasteiger partial charge on any atom is -0.490 e. The molecule has 0 aliphatic rings. The summed E-state index contributed by atoms with van der Waals surface area (Å²) in [4.78, 5) is 0. The first-order valence-electron chi connectivity index (χ1n) is 8.01. The van der Waals surface area contributed by atoms with Crippen LogP contribution < -0.4 is 14.8 Å². The lowest BCUT2D eigenvalue weighted by Crippen LogP contribution is -2.15. The Morgan fingerprint density at radius 3 is 2.24 bits per heavy atom. The van der Waals surface area contributed by atoms with Crippen LogP contribution in [0.2, 0.25) is 5.02 Å². The van der Waals surface area contributed by atoms with Gasteiger partial charge in [-0.1, -0.05) is 18.5 Å². The van der Waals surface area contributed by atoms with Crippen molar-refractivity contribution in [2.45, 2.75) is 46.5 Å². The molecule has 21 heavy (non-hydrogen) atoms. The summed E-state index contributed by atoms with van der Waals surface area (Å²) in [6.45, 7) is 9.52. The summed E-state index contributed by atoms with van der Waals surface area (Å²) < 4.78 is 11.2. The number of hydrogen-bond donors (Lipinski definition) is 1. The van der Waals surface area contributed by atoms with E-state index in [1.165, 1.54) is 6.42 Å². The number of unbranched alkanes of at least 4 members (excludes halogenated alkanes) is 1. The Kier molecular flexibility index (Phi) is 9.27. The van der Waals surface area contributed by atoms with Crippen LogP contribution in [-0.4, -0.2) is 26.3 Å². The van der Waals surface area contributed by atoms with Crippen LogP contribution in [-0.2, 0) is 6.42 Å². The Hall–Kier alpha value is -0.930. The Morgan fingerprint density at radius 1 is 0.952 bits per heavy atom. The van der Waals surface area contributed by atoms with Gasteiger partial charge in [0.25, 0.3) is 0 Å². The molecule has 0 saturated carbocycles. The normalized spacial score (nSPS) is 10.7. The molecule has 1 rings (SSSR count). The van der Waals surface area contributed by atoms with Crippen molar-refractivity contribution >= 4 is 11.6 Å². The quantitative estimate of drug-likeness (QED) is 0.612. The van der Waals surface area contributed by atoms with E-state index in [-0.39, 0.29) is 0 Å². The molecule has 4 heteroatoms. The average molecular weight is 314 g/mol. The Balaban J connectivity index is 2.58. The average Bonchev–Trinajstić information content (AvgIpc) is 2.47. The monoisotopic (exact) mass is 313 g/mol. The first-order valence-corrected chi connectivity index (χ1v) is 8.39. The van der Waals surface area contributed by atoms with Gasteiger partial charge in [-0.2, -0.15) is 0 Å². The van der Waals surface area contributed by atoms with E-state index in [0.717, 1.165) is 54.4 Å². The lowest BCUT2D eigenvalue weighted by molar-refractivity contribution is 0.287. The van der Waals surface area contributed by atoms with Crippen LogP contribution in [0.25, 0.3) is 0 Å². The first-order chi connectivity index (χ1) is 10.2. The minimum atomic E-state index is 0.610. The molecule has 1 aromatic rings. The van der Waals surface area contributed by atoms with Gasteiger partial charge in [0.1, 0.15) is 0 Å². The molecular formula is C17H28ClNO2. The van der Waals surface area contributed by atoms with Crippen molar-refractivity contribution in [1.29, 1.82) is 0 Å². The fraction of sp³-hybridized carbons (Fsp3) is 0.647. The van der Waals surface area contributed by atoms with Gasteiger partial charge in [-0.3, -0.25) is 0 Å². The smallest absolute Gasteiger partial charge is 0.162 e. The Morgan fingerprint density at radius 2 is 1.62 bits per heavy atom. The summed E-state index contributed by atoms with van der Waals surface area (Å²) >= 11 is 6.35. The summed E-state index contributed by atoms with van der Waals surface area (Å²) in [5, 5.41) is 4.18. The molecule has 1 aromatic carbocycles. The lowest BCUT2D eigenvalue weighted by Gasteiger charge is -2.14. The van der Waals surface area contributed by atoms with Crippen molar-refractivity contribution < 1.29 is 9.47 Å². The third kappa shape index (κ3) is 6.58. The second kappa shape index (κ2) is 10.7. The highest BCUT2D eigenvalue weighted by Crippen LogP contribution is 2.34. The Bertz CT molecular complexity index is 410. The maximum atomic E-state index is 6.35. The van der Waals surface area contributed by atoms with Crippen LogP contribution >= 0.6 is 11.6 Å². The summed E-state index contributed by atoms with van der Waals surface area (Å²) in [5.74, 6) is 1.53. The fourth-order valence-corrected chi connectivity index (χ4v) is 2.42. The molecule has 0 aromatic heterocycles. The first kappa shape index (κ1) is 18.1. The molecule has 0 aliphatic carbocycles. The van der Waals surface area contributed by atoms with E-state index in [0.29, 0.717) is 13.2 Å². The van der Waals surface area contributed by atoms with Crippen LogP contribution in [0.1, 0.15) is 45.6 Å². The van der Waals surface area contributed by atoms with E-state index < -0.39 is 0 Å². The van der Waals surface area contributed by atoms with Gasteiger partial charge < -0.3 is 14.8 Å². The standard InChI is InChI=1S/C17H28ClNO2/c1-4-10-19-11-8-7-9-14-12-16(20-5-2)17(21-6-3)13-15(14)18/h12-13,19H,4-11H2,1-3H3. The van der Waals surface area contributed by atoms with Crippen molar-refractivity contribution in [3.05, 3.63) is 22.7 Å². The van der Waals surface area contributed by atoms with Crippen LogP contribution in [0.4, 0.5) is 0 Å². The highest BCUT2D eigenvalue weighted by atomic mass is 35.5. The number of aryl methyl sites for hydroxylation is 1. The SMILES string of the molecule is CCCNCCCCc1cc(OCC)c(OCC)cc1Cl. The van der Waals surface area contributed by atoms with Crippen LogP contribution in [0.3, 0.4) is 0 Å². The van der Waals surface area contributed by atoms with E-state index in [2.05, 4.69) is 12.2 Å². The number of ether oxygens (including phenoxy) is 2. The summed E-state index contributed by atoms with van der Waals surface area (Å²) in [5.41, 5.74) is 1.14. The summed E-state index contributed by atoms with van der Waals surface area (Å²) in [6.07, 6.45) is 4.44. The van der Waals surface area contributed by atoms with Crippen molar-refractivity contribution in [3.8, 4) is 11.5 Å². The predicted molar refractivity (Wildman–Crippen MR) is 89.9 cm³/mol. The zero-order valence-electron chi connectivity index (χ0n) is 13.5. The number of benzene rings is 1. The molecule has 0 heterocycles. The van der Waals surface area contributed by atoms with Gasteiger partial charge in [0.2, 0.25) is 0 Å². The van der Waals surface area contributed by atoms with Crippen molar-refractivity contribution in [2.75, 3.05) is 26.3 Å². The maximum absolute atomic E-state index is 6.35. The second-order valence-electron chi connectivity index (χ2n) is 4.96. The summed E-state index contributed by atoms with van der Waals surface area (Å²) in [7, 11) is 0. The zero-order valence-corrected chi connectivity index (χ0v) is 14.3. The highest BCUT2D eigenvalue weighted by molar-refractivity contribution is 6.31. The number of halogens is 1. The van der Waals surface area contributed by atoms with Gasteiger partial charge >= 0.3 is 0 Å². The number of hydrogen-bond acceptors (Lipinski definition) is 3. The predicted octanol–water partition coefficient (Wildman–Crippen LogP) is 4.46. The van der Waals surface area contributed by atoms with Crippen LogP contribution in [0.5, 0.6) is 11.5 Å². The summed E-state index contributed by atoms with van der Waals surface area (Å²) in [6, 6.07) is 3.90. The molecule has 0 spiro atoms. The van der Waals surface area contributed by atoms with Gasteiger partial charge in [0, 0.05) is 11.1 Å². The third-order valence-electron chi connectivity index (χ3n) is 3.19. The van der Waals surface area contributed by atoms with Crippen LogP contribution in [0, 0.1) is 0 Å². The highest BCUT2D eigenvalue weighted by Gasteiger charge is 2.10. The van der Waals surface area contributed by atoms with Crippen molar-refractivity contribution in [3.63, 3.8) is 0 Å². The van der Waals surface area contributed by atoms with Gasteiger partial charge in [-0.15, -0.1) is 0 Å². The molecule has 0 amide bonds. The Labute approximate surface area is 134 Å². The van der Waals surface area contributed by atoms with E-state index in [1.807, 2.05) is 26.0 Å². The molecule has 1 N–H and O–H groups in total. The largest absolute Gasteiger partial charge is 0.490 e. The molecule has 0 bridgehead atoms. The third-order valence-corrected chi connectivity index (χ3v) is 3.54. The van der Waals surface area contributed by atoms with E-state index in [4.69, 9.17) is 21.1 Å². The van der Waals surface area contributed by atoms with E-state index >= 15 is 0 Å². The van der Waals surface area contributed by atoms with E-state index in [1.54, 1.807) is 0 Å². The second-order valence-corrected chi connectivity index (χ2v) is 5.37. The number of rotatable bonds is 11. The molecule has 0 unspecified atom stereocenters. The van der Waals surface area contributed by atoms with Crippen LogP contribution in [0.15, 0.2) is 12.1 Å². The van der Waals surface area contributed by atoms with Crippen molar-refractivity contribution in [2.24, 2.45) is 0 Å². The van der Waals surface area contributed by atoms with Crippen molar-refractivity contribution in [1.82, 2.24) is 5.32 Å². The van der Waals surface area contributed by atoms with Gasteiger partial charge in [0.15, 0.2) is 11.5 Å². The molecule has 0 fully saturated rings. The van der Waals surface area contributed by atoms with Gasteiger partial charge in [0.05, 0.1) is 13.2 Å². The molecule has 0 aliphatic heterocycles.